The molecule has 1 saturated heterocycles. The molecule has 1 heterocycles. The van der Waals surface area contributed by atoms with E-state index in [2.05, 4.69) is 4.74 Å². The van der Waals surface area contributed by atoms with Gasteiger partial charge in [0, 0.05) is 13.1 Å². The SMILES string of the molecule is COC(=O)c1ccc(C)c(S(=O)(=O)N2CCC(C)(O)C2)c1. The Labute approximate surface area is 124 Å². The molecule has 0 aromatic heterocycles. The summed E-state index contributed by atoms with van der Waals surface area (Å²) in [6, 6.07) is 4.43. The van der Waals surface area contributed by atoms with Crippen LogP contribution in [0.2, 0.25) is 0 Å². The normalized spacial score (nSPS) is 23.2. The average molecular weight is 313 g/mol. The number of hydrogen-bond donors (Lipinski definition) is 1. The summed E-state index contributed by atoms with van der Waals surface area (Å²) in [5.41, 5.74) is -0.275. The monoisotopic (exact) mass is 313 g/mol. The number of hydrogen-bond acceptors (Lipinski definition) is 5. The lowest BCUT2D eigenvalue weighted by molar-refractivity contribution is 0.0600. The van der Waals surface area contributed by atoms with Gasteiger partial charge in [-0.3, -0.25) is 0 Å². The number of aryl methyl sites for hydroxylation is 1. The van der Waals surface area contributed by atoms with Crippen LogP contribution in [-0.4, -0.2) is 49.6 Å². The van der Waals surface area contributed by atoms with E-state index in [1.807, 2.05) is 0 Å². The highest BCUT2D eigenvalue weighted by Gasteiger charge is 2.39. The average Bonchev–Trinajstić information content (AvgIpc) is 2.79. The van der Waals surface area contributed by atoms with Gasteiger partial charge in [0.15, 0.2) is 0 Å². The summed E-state index contributed by atoms with van der Waals surface area (Å²) in [4.78, 5) is 11.6. The number of carbonyl (C=O) groups excluding carboxylic acids is 1. The predicted octanol–water partition coefficient (Wildman–Crippen LogP) is 0.927. The van der Waals surface area contributed by atoms with E-state index in [9.17, 15) is 18.3 Å². The molecular formula is C14H19NO5S. The largest absolute Gasteiger partial charge is 0.465 e. The van der Waals surface area contributed by atoms with Crippen LogP contribution in [0.3, 0.4) is 0 Å². The van der Waals surface area contributed by atoms with Crippen LogP contribution in [0, 0.1) is 6.92 Å². The van der Waals surface area contributed by atoms with Crippen LogP contribution in [0.4, 0.5) is 0 Å². The lowest BCUT2D eigenvalue weighted by Crippen LogP contribution is -2.34. The van der Waals surface area contributed by atoms with E-state index < -0.39 is 21.6 Å². The number of methoxy groups -OCH3 is 1. The number of carbonyl (C=O) groups is 1. The Bertz CT molecular complexity index is 666. The van der Waals surface area contributed by atoms with Crippen molar-refractivity contribution in [2.45, 2.75) is 30.8 Å². The smallest absolute Gasteiger partial charge is 0.337 e. The molecule has 0 aliphatic carbocycles. The van der Waals surface area contributed by atoms with Crippen LogP contribution in [0.1, 0.15) is 29.3 Å². The summed E-state index contributed by atoms with van der Waals surface area (Å²) in [7, 11) is -2.50. The summed E-state index contributed by atoms with van der Waals surface area (Å²) in [6.07, 6.45) is 0.391. The Hall–Kier alpha value is -1.44. The Kier molecular flexibility index (Phi) is 4.10. The number of rotatable bonds is 3. The summed E-state index contributed by atoms with van der Waals surface area (Å²) in [5.74, 6) is -0.583. The number of aliphatic hydroxyl groups is 1. The maximum absolute atomic E-state index is 12.7. The molecule has 1 N–H and O–H groups in total. The minimum absolute atomic E-state index is 0.0528. The molecule has 0 radical (unpaired) electrons. The van der Waals surface area contributed by atoms with E-state index in [-0.39, 0.29) is 23.5 Å². The van der Waals surface area contributed by atoms with E-state index in [0.717, 1.165) is 0 Å². The topological polar surface area (TPSA) is 83.9 Å². The molecule has 2 rings (SSSR count). The second kappa shape index (κ2) is 5.40. The maximum atomic E-state index is 12.7. The summed E-state index contributed by atoms with van der Waals surface area (Å²) in [5, 5.41) is 9.95. The second-order valence-corrected chi connectivity index (χ2v) is 7.46. The van der Waals surface area contributed by atoms with Crippen molar-refractivity contribution < 1.29 is 23.1 Å². The van der Waals surface area contributed by atoms with Crippen LogP contribution in [0.5, 0.6) is 0 Å². The first kappa shape index (κ1) is 15.9. The third-order valence-electron chi connectivity index (χ3n) is 3.64. The maximum Gasteiger partial charge on any atom is 0.337 e. The number of sulfonamides is 1. The molecule has 7 heteroatoms. The van der Waals surface area contributed by atoms with Gasteiger partial charge in [-0.15, -0.1) is 0 Å². The summed E-state index contributed by atoms with van der Waals surface area (Å²) in [6.45, 7) is 3.59. The molecule has 116 valence electrons. The number of ether oxygens (including phenoxy) is 1. The van der Waals surface area contributed by atoms with Crippen molar-refractivity contribution in [1.29, 1.82) is 0 Å². The minimum atomic E-state index is -3.74. The third kappa shape index (κ3) is 3.09. The minimum Gasteiger partial charge on any atom is -0.465 e. The molecule has 0 amide bonds. The first-order chi connectivity index (χ1) is 9.67. The van der Waals surface area contributed by atoms with Gasteiger partial charge in [0.25, 0.3) is 0 Å². The van der Waals surface area contributed by atoms with Gasteiger partial charge in [0.2, 0.25) is 10.0 Å². The van der Waals surface area contributed by atoms with Crippen LogP contribution in [0.15, 0.2) is 23.1 Å². The van der Waals surface area contributed by atoms with Crippen molar-refractivity contribution in [3.8, 4) is 0 Å². The van der Waals surface area contributed by atoms with Crippen molar-refractivity contribution in [1.82, 2.24) is 4.31 Å². The van der Waals surface area contributed by atoms with Crippen LogP contribution in [-0.2, 0) is 14.8 Å². The Morgan fingerprint density at radius 3 is 2.62 bits per heavy atom. The zero-order valence-electron chi connectivity index (χ0n) is 12.3. The predicted molar refractivity (Wildman–Crippen MR) is 76.5 cm³/mol. The zero-order chi connectivity index (χ0) is 15.8. The molecular weight excluding hydrogens is 294 g/mol. The van der Waals surface area contributed by atoms with Crippen molar-refractivity contribution in [2.75, 3.05) is 20.2 Å². The molecule has 21 heavy (non-hydrogen) atoms. The van der Waals surface area contributed by atoms with Gasteiger partial charge in [-0.25, -0.2) is 13.2 Å². The molecule has 0 saturated carbocycles. The van der Waals surface area contributed by atoms with Crippen molar-refractivity contribution in [3.63, 3.8) is 0 Å². The Morgan fingerprint density at radius 2 is 2.10 bits per heavy atom. The van der Waals surface area contributed by atoms with Gasteiger partial charge in [-0.2, -0.15) is 4.31 Å². The van der Waals surface area contributed by atoms with E-state index >= 15 is 0 Å². The number of esters is 1. The first-order valence-corrected chi connectivity index (χ1v) is 8.03. The quantitative estimate of drug-likeness (QED) is 0.839. The molecule has 1 unspecified atom stereocenters. The molecule has 1 aromatic carbocycles. The lowest BCUT2D eigenvalue weighted by Gasteiger charge is -2.20. The van der Waals surface area contributed by atoms with E-state index in [4.69, 9.17) is 0 Å². The van der Waals surface area contributed by atoms with Gasteiger partial charge in [0.05, 0.1) is 23.2 Å². The van der Waals surface area contributed by atoms with E-state index in [0.29, 0.717) is 12.0 Å². The van der Waals surface area contributed by atoms with Crippen molar-refractivity contribution in [2.24, 2.45) is 0 Å². The standard InChI is InChI=1S/C14H19NO5S/c1-10-4-5-11(13(16)20-3)8-12(10)21(18,19)15-7-6-14(2,17)9-15/h4-5,8,17H,6-7,9H2,1-3H3. The van der Waals surface area contributed by atoms with Gasteiger partial charge >= 0.3 is 5.97 Å². The third-order valence-corrected chi connectivity index (χ3v) is 5.63. The highest BCUT2D eigenvalue weighted by atomic mass is 32.2. The number of β-amino-alcohol motifs (C(OH)–C–C–N with tert-alkyl or cyclic N) is 1. The Morgan fingerprint density at radius 1 is 1.43 bits per heavy atom. The van der Waals surface area contributed by atoms with Gasteiger partial charge in [0.1, 0.15) is 0 Å². The van der Waals surface area contributed by atoms with Crippen molar-refractivity contribution >= 4 is 16.0 Å². The molecule has 1 aliphatic rings. The van der Waals surface area contributed by atoms with Crippen LogP contribution < -0.4 is 0 Å². The van der Waals surface area contributed by atoms with E-state index in [1.165, 1.54) is 23.5 Å². The van der Waals surface area contributed by atoms with Crippen LogP contribution >= 0.6 is 0 Å². The fraction of sp³-hybridized carbons (Fsp3) is 0.500. The zero-order valence-corrected chi connectivity index (χ0v) is 13.1. The van der Waals surface area contributed by atoms with Crippen LogP contribution in [0.25, 0.3) is 0 Å². The molecule has 1 atom stereocenters. The fourth-order valence-corrected chi connectivity index (χ4v) is 4.18. The van der Waals surface area contributed by atoms with Gasteiger partial charge in [-0.1, -0.05) is 6.07 Å². The van der Waals surface area contributed by atoms with Gasteiger partial charge in [-0.05, 0) is 38.0 Å². The molecule has 0 spiro atoms. The molecule has 1 aromatic rings. The highest BCUT2D eigenvalue weighted by molar-refractivity contribution is 7.89. The van der Waals surface area contributed by atoms with Gasteiger partial charge < -0.3 is 9.84 Å². The number of benzene rings is 1. The fourth-order valence-electron chi connectivity index (χ4n) is 2.37. The molecule has 0 bridgehead atoms. The molecule has 6 nitrogen and oxygen atoms in total. The molecule has 1 fully saturated rings. The molecule has 1 aliphatic heterocycles. The summed E-state index contributed by atoms with van der Waals surface area (Å²) >= 11 is 0. The lowest BCUT2D eigenvalue weighted by atomic mass is 10.1. The van der Waals surface area contributed by atoms with E-state index in [1.54, 1.807) is 19.9 Å². The summed E-state index contributed by atoms with van der Waals surface area (Å²) < 4.78 is 31.2. The second-order valence-electron chi connectivity index (χ2n) is 5.56. The first-order valence-electron chi connectivity index (χ1n) is 6.59. The highest BCUT2D eigenvalue weighted by Crippen LogP contribution is 2.28. The number of nitrogens with zero attached hydrogens (tertiary/aromatic N) is 1. The Balaban J connectivity index is 2.43. The van der Waals surface area contributed by atoms with Crippen molar-refractivity contribution in [3.05, 3.63) is 29.3 Å².